The van der Waals surface area contributed by atoms with Crippen LogP contribution >= 0.6 is 11.8 Å². The second-order valence-corrected chi connectivity index (χ2v) is 11.5. The lowest BCUT2D eigenvalue weighted by Crippen LogP contribution is -2.38. The number of furan rings is 1. The van der Waals surface area contributed by atoms with Crippen molar-refractivity contribution in [3.63, 3.8) is 0 Å². The third-order valence-corrected chi connectivity index (χ3v) is 8.76. The van der Waals surface area contributed by atoms with Crippen LogP contribution in [0.3, 0.4) is 0 Å². The van der Waals surface area contributed by atoms with Crippen LogP contribution in [0.1, 0.15) is 57.3 Å². The number of carbonyl (C=O) groups is 3. The van der Waals surface area contributed by atoms with Gasteiger partial charge in [0.05, 0.1) is 12.0 Å². The summed E-state index contributed by atoms with van der Waals surface area (Å²) in [4.78, 5) is 37.7. The molecule has 1 aromatic carbocycles. The van der Waals surface area contributed by atoms with Crippen LogP contribution in [0.15, 0.2) is 52.4 Å². The number of hydrogen-bond acceptors (Lipinski definition) is 6. The molecule has 4 atom stereocenters. The van der Waals surface area contributed by atoms with Gasteiger partial charge < -0.3 is 24.1 Å². The van der Waals surface area contributed by atoms with E-state index in [-0.39, 0.29) is 11.9 Å². The molecule has 1 N–H and O–H groups in total. The Morgan fingerprint density at radius 3 is 2.56 bits per heavy atom. The Balaban J connectivity index is 0.000000389. The quantitative estimate of drug-likeness (QED) is 0.254. The van der Waals surface area contributed by atoms with Crippen molar-refractivity contribution >= 4 is 36.1 Å². The SMILES string of the molecule is C=CN(C(=O)/C(=C/c1ccc(-c2ccc(OC)c(C)c2)o1)SC)C1CC(CC)CC1C.O=CN1CCCC1C(=O)O. The Bertz CT molecular complexity index is 1250. The summed E-state index contributed by atoms with van der Waals surface area (Å²) in [7, 11) is 1.67. The number of methoxy groups -OCH3 is 1. The van der Waals surface area contributed by atoms with Crippen molar-refractivity contribution in [3.8, 4) is 17.1 Å². The first-order chi connectivity index (χ1) is 19.7. The highest BCUT2D eigenvalue weighted by Gasteiger charge is 2.36. The Hall–Kier alpha value is -3.46. The Labute approximate surface area is 247 Å². The van der Waals surface area contributed by atoms with E-state index in [1.54, 1.807) is 13.3 Å². The van der Waals surface area contributed by atoms with Gasteiger partial charge in [0.1, 0.15) is 23.3 Å². The maximum atomic E-state index is 13.3. The summed E-state index contributed by atoms with van der Waals surface area (Å²) in [5.74, 6) is 2.53. The average molecular weight is 583 g/mol. The van der Waals surface area contributed by atoms with E-state index in [0.29, 0.717) is 41.9 Å². The Morgan fingerprint density at radius 2 is 2.02 bits per heavy atom. The topological polar surface area (TPSA) is 100 Å². The van der Waals surface area contributed by atoms with E-state index in [0.717, 1.165) is 41.9 Å². The summed E-state index contributed by atoms with van der Waals surface area (Å²) in [6.07, 6.45) is 10.8. The summed E-state index contributed by atoms with van der Waals surface area (Å²) < 4.78 is 11.4. The molecule has 2 aromatic rings. The van der Waals surface area contributed by atoms with E-state index in [9.17, 15) is 14.4 Å². The normalized spacial score (nSPS) is 22.1. The van der Waals surface area contributed by atoms with Gasteiger partial charge in [-0.1, -0.05) is 26.8 Å². The van der Waals surface area contributed by atoms with Crippen LogP contribution in [-0.2, 0) is 14.4 Å². The van der Waals surface area contributed by atoms with Gasteiger partial charge in [0, 0.05) is 24.4 Å². The molecular formula is C32H42N2O6S. The number of carboxylic acid groups (broad SMARTS) is 1. The molecule has 1 aliphatic heterocycles. The molecule has 0 radical (unpaired) electrons. The van der Waals surface area contributed by atoms with E-state index in [1.807, 2.05) is 54.5 Å². The van der Waals surface area contributed by atoms with Crippen LogP contribution < -0.4 is 4.74 Å². The van der Waals surface area contributed by atoms with E-state index >= 15 is 0 Å². The Kier molecular flexibility index (Phi) is 11.7. The number of aliphatic carboxylic acids is 1. The van der Waals surface area contributed by atoms with Crippen LogP contribution in [0.25, 0.3) is 17.4 Å². The number of benzene rings is 1. The van der Waals surface area contributed by atoms with Gasteiger partial charge in [-0.05, 0) is 92.7 Å². The highest BCUT2D eigenvalue weighted by atomic mass is 32.2. The molecule has 1 saturated carbocycles. The lowest BCUT2D eigenvalue weighted by Gasteiger charge is -2.29. The zero-order valence-corrected chi connectivity index (χ0v) is 25.5. The maximum Gasteiger partial charge on any atom is 0.326 e. The molecule has 1 aromatic heterocycles. The van der Waals surface area contributed by atoms with Crippen molar-refractivity contribution in [1.82, 2.24) is 9.80 Å². The molecular weight excluding hydrogens is 540 g/mol. The molecule has 4 rings (SSSR count). The second kappa shape index (κ2) is 15.0. The molecule has 2 aliphatic rings. The number of ether oxygens (including phenoxy) is 1. The summed E-state index contributed by atoms with van der Waals surface area (Å²) in [5.41, 5.74) is 2.03. The molecule has 2 heterocycles. The second-order valence-electron chi connectivity index (χ2n) is 10.6. The van der Waals surface area contributed by atoms with Crippen molar-refractivity contribution in [2.45, 2.75) is 65.0 Å². The van der Waals surface area contributed by atoms with E-state index in [1.165, 1.54) is 23.1 Å². The number of aryl methyl sites for hydroxylation is 1. The largest absolute Gasteiger partial charge is 0.496 e. The number of likely N-dealkylation sites (tertiary alicyclic amines) is 1. The molecule has 1 saturated heterocycles. The number of thioether (sulfide) groups is 1. The minimum Gasteiger partial charge on any atom is -0.496 e. The van der Waals surface area contributed by atoms with Crippen molar-refractivity contribution in [1.29, 1.82) is 0 Å². The van der Waals surface area contributed by atoms with E-state index in [2.05, 4.69) is 20.4 Å². The van der Waals surface area contributed by atoms with Crippen LogP contribution in [-0.4, -0.2) is 65.2 Å². The van der Waals surface area contributed by atoms with Crippen molar-refractivity contribution in [2.24, 2.45) is 11.8 Å². The van der Waals surface area contributed by atoms with E-state index < -0.39 is 12.0 Å². The van der Waals surface area contributed by atoms with Gasteiger partial charge in [-0.3, -0.25) is 9.59 Å². The maximum absolute atomic E-state index is 13.3. The zero-order chi connectivity index (χ0) is 30.1. The molecule has 0 spiro atoms. The molecule has 0 bridgehead atoms. The number of rotatable bonds is 10. The first-order valence-electron chi connectivity index (χ1n) is 14.1. The number of carbonyl (C=O) groups excluding carboxylic acids is 2. The minimum atomic E-state index is -0.899. The molecule has 8 nitrogen and oxygen atoms in total. The van der Waals surface area contributed by atoms with Crippen molar-refractivity contribution in [3.05, 3.63) is 59.3 Å². The summed E-state index contributed by atoms with van der Waals surface area (Å²) in [5, 5.41) is 8.51. The predicted octanol–water partition coefficient (Wildman–Crippen LogP) is 6.46. The Morgan fingerprint density at radius 1 is 1.27 bits per heavy atom. The number of amides is 2. The number of carboxylic acids is 1. The molecule has 4 unspecified atom stereocenters. The van der Waals surface area contributed by atoms with Gasteiger partial charge in [-0.2, -0.15) is 0 Å². The van der Waals surface area contributed by atoms with Crippen LogP contribution in [0.4, 0.5) is 0 Å². The number of nitrogens with zero attached hydrogens (tertiary/aromatic N) is 2. The highest BCUT2D eigenvalue weighted by Crippen LogP contribution is 2.37. The minimum absolute atomic E-state index is 0.00524. The monoisotopic (exact) mass is 582 g/mol. The molecule has 1 aliphatic carbocycles. The molecule has 2 fully saturated rings. The lowest BCUT2D eigenvalue weighted by molar-refractivity contribution is -0.144. The average Bonchev–Trinajstić information content (AvgIpc) is 3.72. The predicted molar refractivity (Wildman–Crippen MR) is 163 cm³/mol. The van der Waals surface area contributed by atoms with Gasteiger partial charge in [0.25, 0.3) is 5.91 Å². The fourth-order valence-corrected chi connectivity index (χ4v) is 6.22. The molecule has 222 valence electrons. The van der Waals surface area contributed by atoms with Crippen molar-refractivity contribution in [2.75, 3.05) is 19.9 Å². The third kappa shape index (κ3) is 7.85. The highest BCUT2D eigenvalue weighted by molar-refractivity contribution is 8.03. The molecule has 9 heteroatoms. The molecule has 41 heavy (non-hydrogen) atoms. The fraction of sp³-hybridized carbons (Fsp3) is 0.469. The number of hydrogen-bond donors (Lipinski definition) is 1. The van der Waals surface area contributed by atoms with Crippen LogP contribution in [0, 0.1) is 18.8 Å². The zero-order valence-electron chi connectivity index (χ0n) is 24.7. The fourth-order valence-electron chi connectivity index (χ4n) is 5.70. The summed E-state index contributed by atoms with van der Waals surface area (Å²) in [6.45, 7) is 11.0. The summed E-state index contributed by atoms with van der Waals surface area (Å²) >= 11 is 1.44. The first kappa shape index (κ1) is 32.1. The third-order valence-electron chi connectivity index (χ3n) is 8.03. The summed E-state index contributed by atoms with van der Waals surface area (Å²) in [6, 6.07) is 9.43. The van der Waals surface area contributed by atoms with Gasteiger partial charge >= 0.3 is 5.97 Å². The van der Waals surface area contributed by atoms with Crippen LogP contribution in [0.2, 0.25) is 0 Å². The van der Waals surface area contributed by atoms with E-state index in [4.69, 9.17) is 14.3 Å². The smallest absolute Gasteiger partial charge is 0.326 e. The van der Waals surface area contributed by atoms with Gasteiger partial charge in [0.2, 0.25) is 6.41 Å². The van der Waals surface area contributed by atoms with Gasteiger partial charge in [0.15, 0.2) is 0 Å². The first-order valence-corrected chi connectivity index (χ1v) is 15.3. The molecule has 2 amide bonds. The van der Waals surface area contributed by atoms with Crippen LogP contribution in [0.5, 0.6) is 5.75 Å². The van der Waals surface area contributed by atoms with Crippen molar-refractivity contribution < 1.29 is 28.6 Å². The standard InChI is InChI=1S/C26H33NO3S.C6H9NO3/c1-7-19-13-17(3)22(15-19)27(8-2)26(28)25(31-6)16-21-10-12-24(30-21)20-9-11-23(29-5)18(4)14-20;8-4-7-3-1-2-5(7)6(9)10/h8-12,14,16-17,19,22H,2,7,13,15H2,1,3-6H3;4-5H,1-3H2,(H,9,10)/b25-16-;. The van der Waals surface area contributed by atoms with Gasteiger partial charge in [-0.25, -0.2) is 4.79 Å². The van der Waals surface area contributed by atoms with Gasteiger partial charge in [-0.15, -0.1) is 11.8 Å². The lowest BCUT2D eigenvalue weighted by atomic mass is 10.0.